The summed E-state index contributed by atoms with van der Waals surface area (Å²) < 4.78 is 30.5. The second-order valence-corrected chi connectivity index (χ2v) is 11.5. The SMILES string of the molecule is O=C(NC1CCC1)C1CCCN(S(=O)(=O)c2ccccc2)CCc2nnc(-c3cccnc3)n2CC1. The summed E-state index contributed by atoms with van der Waals surface area (Å²) in [5, 5.41) is 12.1. The third-order valence-electron chi connectivity index (χ3n) is 7.20. The van der Waals surface area contributed by atoms with E-state index >= 15 is 0 Å². The van der Waals surface area contributed by atoms with Gasteiger partial charge in [0, 0.05) is 56.0 Å². The van der Waals surface area contributed by atoms with Gasteiger partial charge >= 0.3 is 0 Å². The molecule has 10 heteroatoms. The number of nitrogens with one attached hydrogen (secondary N) is 1. The maximum atomic E-state index is 13.5. The van der Waals surface area contributed by atoms with Crippen molar-refractivity contribution in [2.24, 2.45) is 5.92 Å². The van der Waals surface area contributed by atoms with Gasteiger partial charge in [-0.25, -0.2) is 8.42 Å². The smallest absolute Gasteiger partial charge is 0.243 e. The molecule has 190 valence electrons. The quantitative estimate of drug-likeness (QED) is 0.567. The number of pyridine rings is 1. The van der Waals surface area contributed by atoms with Crippen LogP contribution in [0, 0.1) is 5.92 Å². The summed E-state index contributed by atoms with van der Waals surface area (Å²) in [5.74, 6) is 1.26. The Bertz CT molecular complexity index is 1280. The zero-order valence-electron chi connectivity index (χ0n) is 20.3. The molecule has 9 nitrogen and oxygen atoms in total. The lowest BCUT2D eigenvalue weighted by Gasteiger charge is -2.29. The minimum absolute atomic E-state index is 0.0639. The number of sulfonamides is 1. The van der Waals surface area contributed by atoms with Crippen LogP contribution in [0.4, 0.5) is 0 Å². The highest BCUT2D eigenvalue weighted by Crippen LogP contribution is 2.25. The van der Waals surface area contributed by atoms with E-state index in [2.05, 4.69) is 20.5 Å². The van der Waals surface area contributed by atoms with Crippen molar-refractivity contribution >= 4 is 15.9 Å². The maximum absolute atomic E-state index is 13.5. The molecule has 2 aromatic heterocycles. The van der Waals surface area contributed by atoms with E-state index in [0.29, 0.717) is 57.0 Å². The molecule has 5 rings (SSSR count). The van der Waals surface area contributed by atoms with Crippen molar-refractivity contribution in [1.82, 2.24) is 29.4 Å². The summed E-state index contributed by atoms with van der Waals surface area (Å²) in [6.07, 6.45) is 8.98. The Morgan fingerprint density at radius 3 is 2.47 bits per heavy atom. The molecule has 0 saturated heterocycles. The number of carbonyl (C=O) groups excluding carboxylic acids is 1. The van der Waals surface area contributed by atoms with E-state index < -0.39 is 10.0 Å². The van der Waals surface area contributed by atoms with E-state index in [0.717, 1.165) is 24.8 Å². The monoisotopic (exact) mass is 508 g/mol. The molecule has 3 heterocycles. The predicted molar refractivity (Wildman–Crippen MR) is 135 cm³/mol. The van der Waals surface area contributed by atoms with Gasteiger partial charge in [0.1, 0.15) is 5.82 Å². The number of carbonyl (C=O) groups is 1. The number of hydrogen-bond acceptors (Lipinski definition) is 6. The molecule has 3 aromatic rings. The van der Waals surface area contributed by atoms with Crippen LogP contribution >= 0.6 is 0 Å². The Morgan fingerprint density at radius 2 is 1.75 bits per heavy atom. The average Bonchev–Trinajstić information content (AvgIpc) is 3.27. The molecular formula is C26H32N6O3S. The van der Waals surface area contributed by atoms with E-state index in [1.54, 1.807) is 42.7 Å². The van der Waals surface area contributed by atoms with E-state index in [1.165, 1.54) is 4.31 Å². The third kappa shape index (κ3) is 5.34. The van der Waals surface area contributed by atoms with Crippen molar-refractivity contribution in [2.75, 3.05) is 13.1 Å². The van der Waals surface area contributed by atoms with Crippen LogP contribution in [-0.4, -0.2) is 57.5 Å². The van der Waals surface area contributed by atoms with Crippen molar-refractivity contribution in [2.45, 2.75) is 62.4 Å². The lowest BCUT2D eigenvalue weighted by Crippen LogP contribution is -2.43. The third-order valence-corrected chi connectivity index (χ3v) is 9.11. The van der Waals surface area contributed by atoms with Crippen LogP contribution in [0.1, 0.15) is 44.3 Å². The zero-order chi connectivity index (χ0) is 25.0. The maximum Gasteiger partial charge on any atom is 0.243 e. The summed E-state index contributed by atoms with van der Waals surface area (Å²) in [6, 6.07) is 12.6. The molecule has 1 aromatic carbocycles. The van der Waals surface area contributed by atoms with Gasteiger partial charge in [-0.15, -0.1) is 10.2 Å². The minimum atomic E-state index is -3.68. The Kier molecular flexibility index (Phi) is 7.43. The number of benzene rings is 1. The van der Waals surface area contributed by atoms with Crippen molar-refractivity contribution in [3.05, 3.63) is 60.7 Å². The molecular weight excluding hydrogens is 476 g/mol. The number of rotatable bonds is 5. The minimum Gasteiger partial charge on any atom is -0.353 e. The van der Waals surface area contributed by atoms with E-state index in [4.69, 9.17) is 0 Å². The lowest BCUT2D eigenvalue weighted by molar-refractivity contribution is -0.126. The van der Waals surface area contributed by atoms with Gasteiger partial charge < -0.3 is 9.88 Å². The van der Waals surface area contributed by atoms with Gasteiger partial charge in [-0.3, -0.25) is 9.78 Å². The summed E-state index contributed by atoms with van der Waals surface area (Å²) in [7, 11) is -3.68. The number of fused-ring (bicyclic) bond motifs is 1. The first-order chi connectivity index (χ1) is 17.5. The van der Waals surface area contributed by atoms with Crippen LogP contribution in [0.25, 0.3) is 11.4 Å². The molecule has 1 unspecified atom stereocenters. The molecule has 0 radical (unpaired) electrons. The number of aromatic nitrogens is 4. The molecule has 2 aliphatic rings. The average molecular weight is 509 g/mol. The summed E-state index contributed by atoms with van der Waals surface area (Å²) in [5.41, 5.74) is 0.843. The normalized spacial score (nSPS) is 20.1. The van der Waals surface area contributed by atoms with Gasteiger partial charge in [0.2, 0.25) is 15.9 Å². The van der Waals surface area contributed by atoms with Gasteiger partial charge in [0.05, 0.1) is 4.90 Å². The fourth-order valence-corrected chi connectivity index (χ4v) is 6.36. The van der Waals surface area contributed by atoms with Gasteiger partial charge in [0.15, 0.2) is 5.82 Å². The molecule has 1 amide bonds. The fourth-order valence-electron chi connectivity index (χ4n) is 4.86. The Hall–Kier alpha value is -3.11. The van der Waals surface area contributed by atoms with Gasteiger partial charge in [-0.05, 0) is 62.8 Å². The second-order valence-electron chi connectivity index (χ2n) is 9.56. The van der Waals surface area contributed by atoms with E-state index in [1.807, 2.05) is 16.7 Å². The summed E-state index contributed by atoms with van der Waals surface area (Å²) >= 11 is 0. The first-order valence-corrected chi connectivity index (χ1v) is 14.1. The fraction of sp³-hybridized carbons (Fsp3) is 0.462. The largest absolute Gasteiger partial charge is 0.353 e. The Morgan fingerprint density at radius 1 is 0.917 bits per heavy atom. The van der Waals surface area contributed by atoms with Crippen molar-refractivity contribution in [1.29, 1.82) is 0 Å². The molecule has 0 spiro atoms. The van der Waals surface area contributed by atoms with Crippen molar-refractivity contribution < 1.29 is 13.2 Å². The standard InChI is InChI=1S/C26H32N6O3S/c33-26(28-22-9-4-10-22)20-8-6-16-31(36(34,35)23-11-2-1-3-12-23)17-14-24-29-30-25(32(24)18-13-20)21-7-5-15-27-19-21/h1-3,5,7,11-12,15,19-20,22H,4,6,8-10,13-14,16-18H2,(H,28,33). The van der Waals surface area contributed by atoms with Gasteiger partial charge in [-0.1, -0.05) is 18.2 Å². The van der Waals surface area contributed by atoms with Gasteiger partial charge in [0.25, 0.3) is 0 Å². The van der Waals surface area contributed by atoms with E-state index in [-0.39, 0.29) is 22.8 Å². The predicted octanol–water partition coefficient (Wildman–Crippen LogP) is 3.04. The first-order valence-electron chi connectivity index (χ1n) is 12.7. The molecule has 1 aliphatic heterocycles. The van der Waals surface area contributed by atoms with Crippen molar-refractivity contribution in [3.63, 3.8) is 0 Å². The van der Waals surface area contributed by atoms with Crippen LogP contribution < -0.4 is 5.32 Å². The molecule has 1 fully saturated rings. The number of amides is 1. The van der Waals surface area contributed by atoms with Crippen LogP contribution in [0.15, 0.2) is 59.8 Å². The summed E-state index contributed by atoms with van der Waals surface area (Å²) in [6.45, 7) is 1.23. The molecule has 36 heavy (non-hydrogen) atoms. The summed E-state index contributed by atoms with van der Waals surface area (Å²) in [4.78, 5) is 17.7. The molecule has 0 bridgehead atoms. The molecule has 1 aliphatic carbocycles. The van der Waals surface area contributed by atoms with Crippen LogP contribution in [-0.2, 0) is 27.8 Å². The molecule has 1 atom stereocenters. The Balaban J connectivity index is 1.45. The number of nitrogens with zero attached hydrogens (tertiary/aromatic N) is 5. The first kappa shape index (κ1) is 24.6. The molecule has 1 saturated carbocycles. The van der Waals surface area contributed by atoms with Crippen LogP contribution in [0.2, 0.25) is 0 Å². The van der Waals surface area contributed by atoms with Crippen molar-refractivity contribution in [3.8, 4) is 11.4 Å². The topological polar surface area (TPSA) is 110 Å². The lowest BCUT2D eigenvalue weighted by atomic mass is 9.91. The van der Waals surface area contributed by atoms with Crippen LogP contribution in [0.3, 0.4) is 0 Å². The zero-order valence-corrected chi connectivity index (χ0v) is 21.1. The highest BCUT2D eigenvalue weighted by atomic mass is 32.2. The molecule has 1 N–H and O–H groups in total. The van der Waals surface area contributed by atoms with E-state index in [9.17, 15) is 13.2 Å². The van der Waals surface area contributed by atoms with Gasteiger partial charge in [-0.2, -0.15) is 4.31 Å². The highest BCUT2D eigenvalue weighted by Gasteiger charge is 2.29. The highest BCUT2D eigenvalue weighted by molar-refractivity contribution is 7.89. The Labute approximate surface area is 212 Å². The number of hydrogen-bond donors (Lipinski definition) is 1. The van der Waals surface area contributed by atoms with Crippen LogP contribution in [0.5, 0.6) is 0 Å². The second kappa shape index (κ2) is 10.9.